The van der Waals surface area contributed by atoms with E-state index in [1.165, 1.54) is 22.7 Å². The third-order valence-electron chi connectivity index (χ3n) is 2.56. The zero-order valence-corrected chi connectivity index (χ0v) is 12.5. The van der Waals surface area contributed by atoms with Gasteiger partial charge in [-0.15, -0.1) is 22.7 Å². The smallest absolute Gasteiger partial charge is 0.267 e. The predicted molar refractivity (Wildman–Crippen MR) is 77.8 cm³/mol. The molecule has 2 rings (SSSR count). The Hall–Kier alpha value is -1.20. The number of hydrogen-bond donors (Lipinski definition) is 1. The van der Waals surface area contributed by atoms with Crippen LogP contribution in [0.15, 0.2) is 16.8 Å². The van der Waals surface area contributed by atoms with Gasteiger partial charge < -0.3 is 0 Å². The first kappa shape index (κ1) is 13.2. The molecule has 0 aliphatic heterocycles. The molecule has 0 unspecified atom stereocenters. The molecule has 0 saturated carbocycles. The van der Waals surface area contributed by atoms with E-state index >= 15 is 0 Å². The van der Waals surface area contributed by atoms with Gasteiger partial charge in [-0.1, -0.05) is 20.8 Å². The molecule has 0 aliphatic carbocycles. The Bertz CT molecular complexity index is 564. The van der Waals surface area contributed by atoms with E-state index in [4.69, 9.17) is 0 Å². The zero-order valence-electron chi connectivity index (χ0n) is 10.9. The maximum atomic E-state index is 12.0. The lowest BCUT2D eigenvalue weighted by atomic mass is 9.93. The van der Waals surface area contributed by atoms with Gasteiger partial charge in [-0.3, -0.25) is 10.1 Å². The summed E-state index contributed by atoms with van der Waals surface area (Å²) in [6.45, 7) is 8.26. The number of nitrogens with zero attached hydrogens (tertiary/aromatic N) is 1. The second-order valence-corrected chi connectivity index (χ2v) is 6.95. The number of hydrogen-bond acceptors (Lipinski definition) is 4. The molecule has 5 heteroatoms. The maximum absolute atomic E-state index is 12.0. The van der Waals surface area contributed by atoms with Crippen molar-refractivity contribution in [3.8, 4) is 0 Å². The van der Waals surface area contributed by atoms with Crippen LogP contribution in [0.3, 0.4) is 0 Å². The Morgan fingerprint density at radius 1 is 1.33 bits per heavy atom. The first-order valence-electron chi connectivity index (χ1n) is 5.69. The van der Waals surface area contributed by atoms with E-state index < -0.39 is 0 Å². The highest BCUT2D eigenvalue weighted by Gasteiger charge is 2.19. The third-order valence-corrected chi connectivity index (χ3v) is 4.33. The maximum Gasteiger partial charge on any atom is 0.267 e. The quantitative estimate of drug-likeness (QED) is 0.901. The van der Waals surface area contributed by atoms with Crippen molar-refractivity contribution in [2.45, 2.75) is 33.1 Å². The summed E-state index contributed by atoms with van der Waals surface area (Å²) in [6, 6.07) is 1.95. The van der Waals surface area contributed by atoms with Gasteiger partial charge in [0.2, 0.25) is 0 Å². The molecule has 0 aromatic carbocycles. The van der Waals surface area contributed by atoms with Crippen LogP contribution in [0.2, 0.25) is 0 Å². The van der Waals surface area contributed by atoms with Gasteiger partial charge in [0, 0.05) is 10.8 Å². The molecular weight excluding hydrogens is 264 g/mol. The SMILES string of the molecule is Cc1ccsc1C(=O)Nc1nc(C(C)(C)C)cs1. The fourth-order valence-corrected chi connectivity index (χ4v) is 3.19. The van der Waals surface area contributed by atoms with Gasteiger partial charge >= 0.3 is 0 Å². The Kier molecular flexibility index (Phi) is 3.54. The molecule has 2 aromatic rings. The number of carbonyl (C=O) groups is 1. The second kappa shape index (κ2) is 4.82. The van der Waals surface area contributed by atoms with E-state index in [1.807, 2.05) is 23.8 Å². The lowest BCUT2D eigenvalue weighted by Gasteiger charge is -2.14. The van der Waals surface area contributed by atoms with E-state index in [2.05, 4.69) is 31.1 Å². The van der Waals surface area contributed by atoms with Crippen LogP contribution in [0.5, 0.6) is 0 Å². The number of aromatic nitrogens is 1. The average molecular weight is 280 g/mol. The second-order valence-electron chi connectivity index (χ2n) is 5.17. The van der Waals surface area contributed by atoms with Gasteiger partial charge in [-0.25, -0.2) is 4.98 Å². The monoisotopic (exact) mass is 280 g/mol. The summed E-state index contributed by atoms with van der Waals surface area (Å²) in [6.07, 6.45) is 0. The molecule has 0 aliphatic rings. The van der Waals surface area contributed by atoms with Crippen molar-refractivity contribution in [1.29, 1.82) is 0 Å². The molecule has 2 heterocycles. The molecule has 0 saturated heterocycles. The number of amides is 1. The van der Waals surface area contributed by atoms with Crippen LogP contribution in [0.4, 0.5) is 5.13 Å². The van der Waals surface area contributed by atoms with Crippen LogP contribution in [-0.4, -0.2) is 10.9 Å². The van der Waals surface area contributed by atoms with Gasteiger partial charge in [0.15, 0.2) is 5.13 Å². The van der Waals surface area contributed by atoms with Crippen molar-refractivity contribution in [3.63, 3.8) is 0 Å². The minimum atomic E-state index is -0.0719. The summed E-state index contributed by atoms with van der Waals surface area (Å²) < 4.78 is 0. The van der Waals surface area contributed by atoms with Gasteiger partial charge in [-0.2, -0.15) is 0 Å². The summed E-state index contributed by atoms with van der Waals surface area (Å²) >= 11 is 2.92. The first-order valence-corrected chi connectivity index (χ1v) is 7.45. The standard InChI is InChI=1S/C13H16N2OS2/c1-8-5-6-17-10(8)11(16)15-12-14-9(7-18-12)13(2,3)4/h5-7H,1-4H3,(H,14,15,16). The Morgan fingerprint density at radius 2 is 2.06 bits per heavy atom. The molecule has 3 nitrogen and oxygen atoms in total. The summed E-state index contributed by atoms with van der Waals surface area (Å²) in [4.78, 5) is 17.2. The summed E-state index contributed by atoms with van der Waals surface area (Å²) in [5, 5.41) is 7.44. The number of thiophene rings is 1. The molecule has 1 amide bonds. The molecule has 96 valence electrons. The molecule has 2 aromatic heterocycles. The lowest BCUT2D eigenvalue weighted by Crippen LogP contribution is -2.14. The van der Waals surface area contributed by atoms with Crippen molar-refractivity contribution in [2.24, 2.45) is 0 Å². The van der Waals surface area contributed by atoms with Gasteiger partial charge in [0.25, 0.3) is 5.91 Å². The molecule has 0 atom stereocenters. The van der Waals surface area contributed by atoms with Gasteiger partial charge in [-0.05, 0) is 23.9 Å². The molecule has 18 heavy (non-hydrogen) atoms. The number of anilines is 1. The number of rotatable bonds is 2. The number of nitrogens with one attached hydrogen (secondary N) is 1. The van der Waals surface area contributed by atoms with Crippen molar-refractivity contribution in [1.82, 2.24) is 4.98 Å². The van der Waals surface area contributed by atoms with Crippen LogP contribution in [0.25, 0.3) is 0 Å². The van der Waals surface area contributed by atoms with Gasteiger partial charge in [0.1, 0.15) is 0 Å². The Morgan fingerprint density at radius 3 is 2.56 bits per heavy atom. The molecule has 1 N–H and O–H groups in total. The normalized spacial score (nSPS) is 11.6. The van der Waals surface area contributed by atoms with Gasteiger partial charge in [0.05, 0.1) is 10.6 Å². The highest BCUT2D eigenvalue weighted by atomic mass is 32.1. The largest absolute Gasteiger partial charge is 0.297 e. The minimum Gasteiger partial charge on any atom is -0.297 e. The fraction of sp³-hybridized carbons (Fsp3) is 0.385. The van der Waals surface area contributed by atoms with Crippen molar-refractivity contribution in [2.75, 3.05) is 5.32 Å². The number of aryl methyl sites for hydroxylation is 1. The molecule has 0 spiro atoms. The van der Waals surface area contributed by atoms with Crippen LogP contribution in [0, 0.1) is 6.92 Å². The van der Waals surface area contributed by atoms with E-state index in [-0.39, 0.29) is 11.3 Å². The van der Waals surface area contributed by atoms with E-state index in [0.29, 0.717) is 5.13 Å². The number of carbonyl (C=O) groups excluding carboxylic acids is 1. The zero-order chi connectivity index (χ0) is 13.3. The van der Waals surface area contributed by atoms with Crippen LogP contribution >= 0.6 is 22.7 Å². The fourth-order valence-electron chi connectivity index (χ4n) is 1.43. The Balaban J connectivity index is 2.13. The number of thiazole rings is 1. The van der Waals surface area contributed by atoms with Crippen LogP contribution in [-0.2, 0) is 5.41 Å². The third kappa shape index (κ3) is 2.79. The average Bonchev–Trinajstić information content (AvgIpc) is 2.85. The first-order chi connectivity index (χ1) is 8.38. The predicted octanol–water partition coefficient (Wildman–Crippen LogP) is 4.06. The minimum absolute atomic E-state index is 0.0122. The molecule has 0 bridgehead atoms. The van der Waals surface area contributed by atoms with Crippen molar-refractivity contribution >= 4 is 33.7 Å². The summed E-state index contributed by atoms with van der Waals surface area (Å²) in [5.41, 5.74) is 2.02. The highest BCUT2D eigenvalue weighted by molar-refractivity contribution is 7.14. The Labute approximate surface area is 115 Å². The van der Waals surface area contributed by atoms with E-state index in [9.17, 15) is 4.79 Å². The highest BCUT2D eigenvalue weighted by Crippen LogP contribution is 2.27. The van der Waals surface area contributed by atoms with Crippen LogP contribution < -0.4 is 5.32 Å². The summed E-state index contributed by atoms with van der Waals surface area (Å²) in [7, 11) is 0. The van der Waals surface area contributed by atoms with E-state index in [0.717, 1.165) is 16.1 Å². The molecule has 0 fully saturated rings. The summed E-state index contributed by atoms with van der Waals surface area (Å²) in [5.74, 6) is -0.0719. The van der Waals surface area contributed by atoms with Crippen molar-refractivity contribution in [3.05, 3.63) is 33.0 Å². The topological polar surface area (TPSA) is 42.0 Å². The van der Waals surface area contributed by atoms with Crippen molar-refractivity contribution < 1.29 is 4.79 Å². The molecule has 0 radical (unpaired) electrons. The molecular formula is C13H16N2OS2. The van der Waals surface area contributed by atoms with E-state index in [1.54, 1.807) is 0 Å². The lowest BCUT2D eigenvalue weighted by molar-refractivity contribution is 0.103. The van der Waals surface area contributed by atoms with Crippen LogP contribution in [0.1, 0.15) is 41.7 Å².